The van der Waals surface area contributed by atoms with Crippen LogP contribution in [0.2, 0.25) is 0 Å². The third kappa shape index (κ3) is 4.88. The summed E-state index contributed by atoms with van der Waals surface area (Å²) in [7, 11) is 2.95. The van der Waals surface area contributed by atoms with E-state index in [1.807, 2.05) is 0 Å². The van der Waals surface area contributed by atoms with Gasteiger partial charge in [-0.3, -0.25) is 4.79 Å². The topological polar surface area (TPSA) is 44.8 Å². The number of hydrogen-bond donors (Lipinski definition) is 0. The van der Waals surface area contributed by atoms with Crippen LogP contribution in [0.3, 0.4) is 0 Å². The first-order valence-electron chi connectivity index (χ1n) is 11.1. The Kier molecular flexibility index (Phi) is 7.10. The molecule has 0 atom stereocenters. The predicted molar refractivity (Wildman–Crippen MR) is 122 cm³/mol. The number of hydrogen-bond acceptors (Lipinski definition) is 4. The fraction of sp³-hybridized carbons (Fsp3) is 0.296. The van der Waals surface area contributed by atoms with Gasteiger partial charge in [0.2, 0.25) is 0 Å². The van der Waals surface area contributed by atoms with Crippen LogP contribution in [-0.2, 0) is 4.79 Å². The smallest absolute Gasteiger partial charge is 0.314 e. The van der Waals surface area contributed by atoms with E-state index in [0.29, 0.717) is 48.3 Å². The molecule has 4 rings (SSSR count). The van der Waals surface area contributed by atoms with Gasteiger partial charge in [0.05, 0.1) is 20.1 Å². The summed E-state index contributed by atoms with van der Waals surface area (Å²) in [6, 6.07) is 14.0. The summed E-state index contributed by atoms with van der Waals surface area (Å²) >= 11 is 0. The van der Waals surface area contributed by atoms with Gasteiger partial charge in [-0.15, -0.1) is 0 Å². The van der Waals surface area contributed by atoms with Crippen molar-refractivity contribution >= 4 is 5.97 Å². The largest absolute Gasteiger partial charge is 0.497 e. The number of benzene rings is 3. The zero-order valence-electron chi connectivity index (χ0n) is 18.9. The van der Waals surface area contributed by atoms with Crippen molar-refractivity contribution in [2.45, 2.75) is 31.6 Å². The van der Waals surface area contributed by atoms with Crippen LogP contribution in [0, 0.1) is 23.4 Å². The first-order valence-corrected chi connectivity index (χ1v) is 11.1. The number of carbonyl (C=O) groups is 1. The molecule has 0 amide bonds. The van der Waals surface area contributed by atoms with Gasteiger partial charge >= 0.3 is 5.97 Å². The SMILES string of the molecule is COc1ccc(-c2ccc(C3CCC(C(=O)Oc4ccc(OC)cc4F)CC3)c(F)c2F)cc1. The number of carbonyl (C=O) groups excluding carboxylic acids is 1. The van der Waals surface area contributed by atoms with E-state index in [0.717, 1.165) is 6.07 Å². The van der Waals surface area contributed by atoms with Gasteiger partial charge in [0.15, 0.2) is 23.2 Å². The first kappa shape index (κ1) is 23.7. The van der Waals surface area contributed by atoms with E-state index in [1.165, 1.54) is 26.4 Å². The van der Waals surface area contributed by atoms with E-state index in [2.05, 4.69) is 0 Å². The fourth-order valence-corrected chi connectivity index (χ4v) is 4.40. The summed E-state index contributed by atoms with van der Waals surface area (Å²) in [6.07, 6.45) is 1.90. The molecule has 0 unspecified atom stereocenters. The minimum atomic E-state index is -0.890. The van der Waals surface area contributed by atoms with Crippen LogP contribution in [0.5, 0.6) is 17.2 Å². The highest BCUT2D eigenvalue weighted by Crippen LogP contribution is 2.39. The van der Waals surface area contributed by atoms with Gasteiger partial charge in [-0.05, 0) is 67.0 Å². The number of methoxy groups -OCH3 is 2. The van der Waals surface area contributed by atoms with Crippen molar-refractivity contribution in [3.05, 3.63) is 77.6 Å². The third-order valence-corrected chi connectivity index (χ3v) is 6.36. The van der Waals surface area contributed by atoms with Gasteiger partial charge in [0, 0.05) is 11.6 Å². The Morgan fingerprint density at radius 3 is 2.06 bits per heavy atom. The maximum absolute atomic E-state index is 15.0. The first-order chi connectivity index (χ1) is 16.4. The molecule has 1 fully saturated rings. The van der Waals surface area contributed by atoms with Crippen LogP contribution in [0.25, 0.3) is 11.1 Å². The Bertz CT molecular complexity index is 1170. The highest BCUT2D eigenvalue weighted by Gasteiger charge is 2.31. The molecule has 0 radical (unpaired) electrons. The van der Waals surface area contributed by atoms with Crippen LogP contribution in [0.1, 0.15) is 37.2 Å². The molecular weight excluding hydrogens is 445 g/mol. The molecule has 1 aliphatic rings. The molecule has 0 aromatic heterocycles. The molecule has 0 N–H and O–H groups in total. The predicted octanol–water partition coefficient (Wildman–Crippen LogP) is 6.67. The average Bonchev–Trinajstić information content (AvgIpc) is 2.87. The van der Waals surface area contributed by atoms with Gasteiger partial charge in [-0.1, -0.05) is 24.3 Å². The Morgan fingerprint density at radius 2 is 1.44 bits per heavy atom. The molecule has 1 aliphatic carbocycles. The van der Waals surface area contributed by atoms with E-state index < -0.39 is 29.3 Å². The lowest BCUT2D eigenvalue weighted by Gasteiger charge is -2.28. The molecule has 3 aromatic carbocycles. The van der Waals surface area contributed by atoms with Crippen molar-refractivity contribution in [2.24, 2.45) is 5.92 Å². The number of ether oxygens (including phenoxy) is 3. The molecule has 0 heterocycles. The van der Waals surface area contributed by atoms with Crippen LogP contribution in [-0.4, -0.2) is 20.2 Å². The number of halogens is 3. The van der Waals surface area contributed by atoms with Crippen LogP contribution in [0.4, 0.5) is 13.2 Å². The number of rotatable bonds is 6. The summed E-state index contributed by atoms with van der Waals surface area (Å²) in [5, 5.41) is 0. The molecule has 0 spiro atoms. The zero-order chi connectivity index (χ0) is 24.2. The third-order valence-electron chi connectivity index (χ3n) is 6.36. The lowest BCUT2D eigenvalue weighted by atomic mass is 9.78. The monoisotopic (exact) mass is 470 g/mol. The van der Waals surface area contributed by atoms with Gasteiger partial charge in [-0.25, -0.2) is 13.2 Å². The second-order valence-electron chi connectivity index (χ2n) is 8.32. The Morgan fingerprint density at radius 1 is 0.794 bits per heavy atom. The van der Waals surface area contributed by atoms with E-state index in [-0.39, 0.29) is 17.2 Å². The van der Waals surface area contributed by atoms with E-state index in [1.54, 1.807) is 36.4 Å². The van der Waals surface area contributed by atoms with Crippen molar-refractivity contribution in [1.82, 2.24) is 0 Å². The number of esters is 1. The van der Waals surface area contributed by atoms with Crippen molar-refractivity contribution < 1.29 is 32.2 Å². The van der Waals surface area contributed by atoms with Crippen molar-refractivity contribution in [3.8, 4) is 28.4 Å². The van der Waals surface area contributed by atoms with E-state index >= 15 is 0 Å². The molecule has 3 aromatic rings. The maximum atomic E-state index is 15.0. The van der Waals surface area contributed by atoms with Gasteiger partial charge in [0.25, 0.3) is 0 Å². The summed E-state index contributed by atoms with van der Waals surface area (Å²) in [4.78, 5) is 12.5. The minimum Gasteiger partial charge on any atom is -0.497 e. The lowest BCUT2D eigenvalue weighted by Crippen LogP contribution is -2.25. The normalized spacial score (nSPS) is 17.8. The van der Waals surface area contributed by atoms with Gasteiger partial charge < -0.3 is 14.2 Å². The molecule has 0 saturated heterocycles. The average molecular weight is 470 g/mol. The summed E-state index contributed by atoms with van der Waals surface area (Å²) in [5.41, 5.74) is 1.05. The second-order valence-corrected chi connectivity index (χ2v) is 8.32. The molecule has 1 saturated carbocycles. The van der Waals surface area contributed by atoms with Crippen LogP contribution >= 0.6 is 0 Å². The highest BCUT2D eigenvalue weighted by molar-refractivity contribution is 5.75. The molecule has 0 bridgehead atoms. The highest BCUT2D eigenvalue weighted by atomic mass is 19.2. The van der Waals surface area contributed by atoms with Crippen molar-refractivity contribution in [1.29, 1.82) is 0 Å². The Balaban J connectivity index is 1.41. The minimum absolute atomic E-state index is 0.157. The Labute approximate surface area is 196 Å². The molecule has 178 valence electrons. The lowest BCUT2D eigenvalue weighted by molar-refractivity contribution is -0.140. The molecular formula is C27H25F3O4. The fourth-order valence-electron chi connectivity index (χ4n) is 4.40. The quantitative estimate of drug-likeness (QED) is 0.298. The van der Waals surface area contributed by atoms with E-state index in [4.69, 9.17) is 14.2 Å². The summed E-state index contributed by atoms with van der Waals surface area (Å²) in [6.45, 7) is 0. The second kappa shape index (κ2) is 10.2. The summed E-state index contributed by atoms with van der Waals surface area (Å²) < 4.78 is 59.3. The summed E-state index contributed by atoms with van der Waals surface area (Å²) in [5.74, 6) is -2.80. The molecule has 34 heavy (non-hydrogen) atoms. The van der Waals surface area contributed by atoms with Crippen molar-refractivity contribution in [2.75, 3.05) is 14.2 Å². The molecule has 7 heteroatoms. The van der Waals surface area contributed by atoms with Gasteiger partial charge in [0.1, 0.15) is 11.5 Å². The van der Waals surface area contributed by atoms with Crippen LogP contribution < -0.4 is 14.2 Å². The van der Waals surface area contributed by atoms with Crippen LogP contribution in [0.15, 0.2) is 54.6 Å². The zero-order valence-corrected chi connectivity index (χ0v) is 18.9. The Hall–Kier alpha value is -3.48. The standard InChI is InChI=1S/C27H25F3O4/c1-32-19-9-7-17(8-10-19)22-13-12-21(25(29)26(22)30)16-3-5-18(6-4-16)27(31)34-24-14-11-20(33-2)15-23(24)28/h7-16,18H,3-6H2,1-2H3. The van der Waals surface area contributed by atoms with E-state index in [9.17, 15) is 18.0 Å². The molecule has 4 nitrogen and oxygen atoms in total. The van der Waals surface area contributed by atoms with Crippen molar-refractivity contribution in [3.63, 3.8) is 0 Å². The van der Waals surface area contributed by atoms with Gasteiger partial charge in [-0.2, -0.15) is 0 Å². The maximum Gasteiger partial charge on any atom is 0.314 e. The molecule has 0 aliphatic heterocycles.